The van der Waals surface area contributed by atoms with Crippen molar-refractivity contribution in [2.45, 2.75) is 25.7 Å². The Morgan fingerprint density at radius 1 is 1.58 bits per heavy atom. The average molecular weight is 283 g/mol. The quantitative estimate of drug-likeness (QED) is 0.873. The lowest BCUT2D eigenvalue weighted by Gasteiger charge is -2.14. The maximum Gasteiger partial charge on any atom is 0.149 e. The number of nitrogens with two attached hydrogens (primary N) is 1. The number of hydrogen-bond donors (Lipinski definition) is 2. The second-order valence-electron chi connectivity index (χ2n) is 4.87. The maximum atomic E-state index is 9.26. The van der Waals surface area contributed by atoms with Crippen LogP contribution in [0.2, 0.25) is 5.02 Å². The monoisotopic (exact) mass is 282 g/mol. The summed E-state index contributed by atoms with van der Waals surface area (Å²) in [7, 11) is 0. The zero-order valence-electron chi connectivity index (χ0n) is 10.5. The molecular formula is C12H15ClN4O2. The molecule has 3 rings (SSSR count). The van der Waals surface area contributed by atoms with Gasteiger partial charge in [0.05, 0.1) is 23.1 Å². The van der Waals surface area contributed by atoms with Crippen LogP contribution in [0.25, 0.3) is 11.0 Å². The first-order chi connectivity index (χ1) is 9.11. The molecule has 1 aliphatic heterocycles. The molecule has 0 aromatic carbocycles. The third-order valence-electron chi connectivity index (χ3n) is 3.62. The highest BCUT2D eigenvalue weighted by Gasteiger charge is 2.33. The molecule has 102 valence electrons. The van der Waals surface area contributed by atoms with E-state index in [0.29, 0.717) is 21.9 Å². The molecule has 3 atom stereocenters. The van der Waals surface area contributed by atoms with Crippen molar-refractivity contribution < 1.29 is 9.84 Å². The number of nitrogens with zero attached hydrogens (tertiary/aromatic N) is 3. The number of aliphatic hydroxyl groups excluding tert-OH is 1. The van der Waals surface area contributed by atoms with Gasteiger partial charge in [-0.05, 0) is 12.3 Å². The largest absolute Gasteiger partial charge is 0.394 e. The van der Waals surface area contributed by atoms with Crippen molar-refractivity contribution in [3.05, 3.63) is 17.5 Å². The summed E-state index contributed by atoms with van der Waals surface area (Å²) in [5.41, 5.74) is 6.48. The molecule has 7 heteroatoms. The molecule has 1 aliphatic rings. The van der Waals surface area contributed by atoms with E-state index < -0.39 is 0 Å². The summed E-state index contributed by atoms with van der Waals surface area (Å²) >= 11 is 6.18. The van der Waals surface area contributed by atoms with E-state index in [-0.39, 0.29) is 24.9 Å². The zero-order chi connectivity index (χ0) is 13.6. The standard InChI is InChI=1S/C12H15ClN4O2/c1-6-2-9(19-8(6)4-18)17-3-7(13)10-11(14)15-5-16-12(10)17/h3,5-6,8-9,18H,2,4H2,1H3,(H2,14,15,16)/t6-,8+,9+/m0/s1. The predicted molar refractivity (Wildman–Crippen MR) is 71.7 cm³/mol. The number of rotatable bonds is 2. The second kappa shape index (κ2) is 4.63. The van der Waals surface area contributed by atoms with Crippen LogP contribution in [0.15, 0.2) is 12.5 Å². The van der Waals surface area contributed by atoms with Crippen LogP contribution in [0.5, 0.6) is 0 Å². The van der Waals surface area contributed by atoms with E-state index in [1.54, 1.807) is 6.20 Å². The normalized spacial score (nSPS) is 27.2. The summed E-state index contributed by atoms with van der Waals surface area (Å²) in [6.07, 6.45) is 3.63. The molecular weight excluding hydrogens is 268 g/mol. The highest BCUT2D eigenvalue weighted by Crippen LogP contribution is 2.37. The van der Waals surface area contributed by atoms with Gasteiger partial charge in [0.25, 0.3) is 0 Å². The van der Waals surface area contributed by atoms with Gasteiger partial charge in [-0.2, -0.15) is 0 Å². The van der Waals surface area contributed by atoms with E-state index in [9.17, 15) is 5.11 Å². The lowest BCUT2D eigenvalue weighted by Crippen LogP contribution is -2.18. The molecule has 0 aliphatic carbocycles. The minimum absolute atomic E-state index is 0.0156. The fourth-order valence-electron chi connectivity index (χ4n) is 2.55. The second-order valence-corrected chi connectivity index (χ2v) is 5.27. The van der Waals surface area contributed by atoms with Gasteiger partial charge >= 0.3 is 0 Å². The highest BCUT2D eigenvalue weighted by atomic mass is 35.5. The van der Waals surface area contributed by atoms with Gasteiger partial charge in [-0.25, -0.2) is 9.97 Å². The molecule has 0 amide bonds. The predicted octanol–water partition coefficient (Wildman–Crippen LogP) is 1.58. The summed E-state index contributed by atoms with van der Waals surface area (Å²) in [6, 6.07) is 0. The molecule has 0 spiro atoms. The number of aliphatic hydroxyl groups is 1. The first kappa shape index (κ1) is 12.7. The minimum atomic E-state index is -0.184. The Bertz CT molecular complexity index is 615. The molecule has 1 fully saturated rings. The van der Waals surface area contributed by atoms with Crippen LogP contribution >= 0.6 is 11.6 Å². The van der Waals surface area contributed by atoms with Crippen LogP contribution in [0.3, 0.4) is 0 Å². The number of hydrogen-bond acceptors (Lipinski definition) is 5. The van der Waals surface area contributed by atoms with Gasteiger partial charge in [0.1, 0.15) is 24.0 Å². The first-order valence-corrected chi connectivity index (χ1v) is 6.52. The van der Waals surface area contributed by atoms with Gasteiger partial charge in [0, 0.05) is 6.20 Å². The number of nitrogen functional groups attached to an aromatic ring is 1. The Morgan fingerprint density at radius 3 is 3.05 bits per heavy atom. The molecule has 3 N–H and O–H groups in total. The summed E-state index contributed by atoms with van der Waals surface area (Å²) < 4.78 is 7.69. The van der Waals surface area contributed by atoms with E-state index >= 15 is 0 Å². The summed E-state index contributed by atoms with van der Waals surface area (Å²) in [5.74, 6) is 0.643. The maximum absolute atomic E-state index is 9.26. The zero-order valence-corrected chi connectivity index (χ0v) is 11.2. The van der Waals surface area contributed by atoms with Gasteiger partial charge in [0.2, 0.25) is 0 Å². The Kier molecular flexibility index (Phi) is 3.08. The highest BCUT2D eigenvalue weighted by molar-refractivity contribution is 6.36. The van der Waals surface area contributed by atoms with Crippen molar-refractivity contribution >= 4 is 28.5 Å². The lowest BCUT2D eigenvalue weighted by atomic mass is 10.0. The molecule has 0 unspecified atom stereocenters. The fraction of sp³-hybridized carbons (Fsp3) is 0.500. The summed E-state index contributed by atoms with van der Waals surface area (Å²) in [5, 5.41) is 10.4. The molecule has 3 heterocycles. The van der Waals surface area contributed by atoms with E-state index in [4.69, 9.17) is 22.1 Å². The molecule has 0 radical (unpaired) electrons. The van der Waals surface area contributed by atoms with E-state index in [0.717, 1.165) is 6.42 Å². The Balaban J connectivity index is 2.05. The van der Waals surface area contributed by atoms with E-state index in [2.05, 4.69) is 16.9 Å². The Labute approximate surface area is 115 Å². The number of fused-ring (bicyclic) bond motifs is 1. The van der Waals surface area contributed by atoms with Crippen LogP contribution in [0, 0.1) is 5.92 Å². The topological polar surface area (TPSA) is 86.2 Å². The van der Waals surface area contributed by atoms with Gasteiger partial charge in [-0.3, -0.25) is 0 Å². The molecule has 0 saturated carbocycles. The Morgan fingerprint density at radius 2 is 2.37 bits per heavy atom. The van der Waals surface area contributed by atoms with E-state index in [1.807, 2.05) is 4.57 Å². The van der Waals surface area contributed by atoms with Crippen molar-refractivity contribution in [3.8, 4) is 0 Å². The first-order valence-electron chi connectivity index (χ1n) is 6.14. The molecule has 2 aromatic rings. The van der Waals surface area contributed by atoms with Crippen LogP contribution in [-0.4, -0.2) is 32.4 Å². The lowest BCUT2D eigenvalue weighted by molar-refractivity contribution is -0.0275. The number of ether oxygens (including phenoxy) is 1. The molecule has 1 saturated heterocycles. The fourth-order valence-corrected chi connectivity index (χ4v) is 2.83. The van der Waals surface area contributed by atoms with Gasteiger partial charge in [-0.15, -0.1) is 0 Å². The van der Waals surface area contributed by atoms with Crippen molar-refractivity contribution in [1.29, 1.82) is 0 Å². The SMILES string of the molecule is C[C@H]1C[C@H](n2cc(Cl)c3c(N)ncnc32)O[C@@H]1CO. The van der Waals surface area contributed by atoms with Crippen LogP contribution in [0.1, 0.15) is 19.6 Å². The number of aromatic nitrogens is 3. The Hall–Kier alpha value is -1.37. The van der Waals surface area contributed by atoms with Crippen molar-refractivity contribution in [2.75, 3.05) is 12.3 Å². The number of anilines is 1. The van der Waals surface area contributed by atoms with Crippen LogP contribution in [0.4, 0.5) is 5.82 Å². The smallest absolute Gasteiger partial charge is 0.149 e. The molecule has 6 nitrogen and oxygen atoms in total. The molecule has 2 aromatic heterocycles. The van der Waals surface area contributed by atoms with Crippen molar-refractivity contribution in [3.63, 3.8) is 0 Å². The summed E-state index contributed by atoms with van der Waals surface area (Å²) in [4.78, 5) is 8.17. The molecule has 0 bridgehead atoms. The van der Waals surface area contributed by atoms with Gasteiger partial charge < -0.3 is 20.1 Å². The van der Waals surface area contributed by atoms with Gasteiger partial charge in [-0.1, -0.05) is 18.5 Å². The average Bonchev–Trinajstić information content (AvgIpc) is 2.91. The minimum Gasteiger partial charge on any atom is -0.394 e. The van der Waals surface area contributed by atoms with Crippen molar-refractivity contribution in [1.82, 2.24) is 14.5 Å². The van der Waals surface area contributed by atoms with Crippen LogP contribution < -0.4 is 5.73 Å². The number of halogens is 1. The van der Waals surface area contributed by atoms with Crippen molar-refractivity contribution in [2.24, 2.45) is 5.92 Å². The van der Waals surface area contributed by atoms with Gasteiger partial charge in [0.15, 0.2) is 0 Å². The third kappa shape index (κ3) is 1.96. The van der Waals surface area contributed by atoms with E-state index in [1.165, 1.54) is 6.33 Å². The molecule has 19 heavy (non-hydrogen) atoms. The third-order valence-corrected chi connectivity index (χ3v) is 3.91. The summed E-state index contributed by atoms with van der Waals surface area (Å²) in [6.45, 7) is 2.07. The van der Waals surface area contributed by atoms with Crippen LogP contribution in [-0.2, 0) is 4.74 Å².